The number of amides is 1. The van der Waals surface area contributed by atoms with Gasteiger partial charge in [0, 0.05) is 12.6 Å². The van der Waals surface area contributed by atoms with E-state index in [0.717, 1.165) is 11.3 Å². The van der Waals surface area contributed by atoms with E-state index in [9.17, 15) is 4.79 Å². The van der Waals surface area contributed by atoms with Crippen molar-refractivity contribution in [3.05, 3.63) is 60.1 Å². The minimum Gasteiger partial charge on any atom is -0.486 e. The number of allylic oxidation sites excluding steroid dienone is 1. The van der Waals surface area contributed by atoms with Crippen molar-refractivity contribution in [3.8, 4) is 5.75 Å². The predicted octanol–water partition coefficient (Wildman–Crippen LogP) is 4.16. The second-order valence-corrected chi connectivity index (χ2v) is 7.90. The first kappa shape index (κ1) is 21.6. The fourth-order valence-corrected chi connectivity index (χ4v) is 3.74. The van der Waals surface area contributed by atoms with Gasteiger partial charge in [0.1, 0.15) is 18.1 Å². The molecule has 158 valence electrons. The quantitative estimate of drug-likeness (QED) is 0.383. The number of aromatic nitrogens is 4. The van der Waals surface area contributed by atoms with Gasteiger partial charge in [0.05, 0.1) is 5.25 Å². The zero-order valence-corrected chi connectivity index (χ0v) is 18.1. The molecule has 3 rings (SSSR count). The van der Waals surface area contributed by atoms with Crippen LogP contribution in [0.25, 0.3) is 0 Å². The number of nitrogens with one attached hydrogen (secondary N) is 1. The predicted molar refractivity (Wildman–Crippen MR) is 116 cm³/mol. The average molecular weight is 428 g/mol. The van der Waals surface area contributed by atoms with Crippen LogP contribution >= 0.6 is 11.8 Å². The van der Waals surface area contributed by atoms with Gasteiger partial charge in [0.2, 0.25) is 5.91 Å². The highest BCUT2D eigenvalue weighted by Crippen LogP contribution is 2.26. The molecule has 1 unspecified atom stereocenters. The first-order valence-electron chi connectivity index (χ1n) is 9.63. The third kappa shape index (κ3) is 5.50. The van der Waals surface area contributed by atoms with Crippen molar-refractivity contribution < 1.29 is 14.1 Å². The number of hydrogen-bond donors (Lipinski definition) is 1. The Balaban J connectivity index is 1.70. The molecule has 0 fully saturated rings. The Morgan fingerprint density at radius 3 is 2.87 bits per heavy atom. The Kier molecular flexibility index (Phi) is 7.29. The summed E-state index contributed by atoms with van der Waals surface area (Å²) < 4.78 is 12.8. The number of thioether (sulfide) groups is 1. The lowest BCUT2D eigenvalue weighted by atomic mass is 10.2. The van der Waals surface area contributed by atoms with E-state index in [0.29, 0.717) is 35.5 Å². The monoisotopic (exact) mass is 427 g/mol. The van der Waals surface area contributed by atoms with Crippen molar-refractivity contribution in [1.82, 2.24) is 19.9 Å². The van der Waals surface area contributed by atoms with E-state index in [1.807, 2.05) is 42.7 Å². The maximum absolute atomic E-state index is 12.7. The van der Waals surface area contributed by atoms with Crippen molar-refractivity contribution in [2.75, 3.05) is 5.32 Å². The van der Waals surface area contributed by atoms with Crippen molar-refractivity contribution in [2.45, 2.75) is 50.8 Å². The molecule has 2 aromatic heterocycles. The molecule has 2 heterocycles. The highest BCUT2D eigenvalue weighted by Gasteiger charge is 2.23. The Bertz CT molecular complexity index is 1010. The maximum Gasteiger partial charge on any atom is 0.239 e. The molecular formula is C21H25N5O3S. The summed E-state index contributed by atoms with van der Waals surface area (Å²) in [4.78, 5) is 12.7. The molecule has 0 spiro atoms. The fraction of sp³-hybridized carbons (Fsp3) is 0.333. The van der Waals surface area contributed by atoms with Gasteiger partial charge in [-0.2, -0.15) is 0 Å². The number of rotatable bonds is 10. The van der Waals surface area contributed by atoms with Crippen LogP contribution in [0.4, 0.5) is 5.82 Å². The summed E-state index contributed by atoms with van der Waals surface area (Å²) >= 11 is 1.35. The van der Waals surface area contributed by atoms with Crippen LogP contribution in [0.1, 0.15) is 30.5 Å². The number of carbonyl (C=O) groups is 1. The Morgan fingerprint density at radius 2 is 2.20 bits per heavy atom. The number of nitrogens with zero attached hydrogens (tertiary/aromatic N) is 4. The van der Waals surface area contributed by atoms with E-state index >= 15 is 0 Å². The van der Waals surface area contributed by atoms with Gasteiger partial charge in [-0.25, -0.2) is 0 Å². The third-order valence-electron chi connectivity index (χ3n) is 4.25. The van der Waals surface area contributed by atoms with Gasteiger partial charge in [-0.05, 0) is 38.0 Å². The number of carbonyl (C=O) groups excluding carboxylic acids is 1. The molecule has 0 bridgehead atoms. The number of anilines is 1. The van der Waals surface area contributed by atoms with Crippen LogP contribution in [-0.4, -0.2) is 31.1 Å². The first-order valence-corrected chi connectivity index (χ1v) is 10.5. The topological polar surface area (TPSA) is 95.1 Å². The molecule has 0 aliphatic heterocycles. The molecule has 3 aromatic rings. The highest BCUT2D eigenvalue weighted by atomic mass is 32.2. The molecule has 0 aliphatic rings. The lowest BCUT2D eigenvalue weighted by Gasteiger charge is -2.14. The standard InChI is InChI=1S/C21H25N5O3S/c1-5-10-26-19(13-28-16-9-7-8-14(3)11-16)23-24-21(26)30-17(6-2)20(27)22-18-12-15(4)29-25-18/h5,7-9,11-12,17H,1,6,10,13H2,2-4H3,(H,22,25,27). The van der Waals surface area contributed by atoms with Gasteiger partial charge in [0.15, 0.2) is 16.8 Å². The summed E-state index contributed by atoms with van der Waals surface area (Å²) in [6, 6.07) is 9.50. The van der Waals surface area contributed by atoms with Gasteiger partial charge in [-0.1, -0.05) is 42.1 Å². The summed E-state index contributed by atoms with van der Waals surface area (Å²) in [5, 5.41) is 15.4. The molecule has 0 aliphatic carbocycles. The van der Waals surface area contributed by atoms with Crippen LogP contribution < -0.4 is 10.1 Å². The van der Waals surface area contributed by atoms with Crippen LogP contribution in [0.15, 0.2) is 52.7 Å². The molecule has 1 N–H and O–H groups in total. The molecule has 0 saturated heterocycles. The summed E-state index contributed by atoms with van der Waals surface area (Å²) in [7, 11) is 0. The lowest BCUT2D eigenvalue weighted by Crippen LogP contribution is -2.25. The van der Waals surface area contributed by atoms with Crippen molar-refractivity contribution in [1.29, 1.82) is 0 Å². The molecule has 8 nitrogen and oxygen atoms in total. The van der Waals surface area contributed by atoms with Crippen molar-refractivity contribution in [2.24, 2.45) is 0 Å². The Morgan fingerprint density at radius 1 is 1.37 bits per heavy atom. The number of hydrogen-bond acceptors (Lipinski definition) is 7. The van der Waals surface area contributed by atoms with Crippen LogP contribution in [0.5, 0.6) is 5.75 Å². The highest BCUT2D eigenvalue weighted by molar-refractivity contribution is 8.00. The molecular weight excluding hydrogens is 402 g/mol. The van der Waals surface area contributed by atoms with Crippen molar-refractivity contribution >= 4 is 23.5 Å². The molecule has 1 aromatic carbocycles. The van der Waals surface area contributed by atoms with Gasteiger partial charge in [-0.15, -0.1) is 16.8 Å². The molecule has 1 atom stereocenters. The second kappa shape index (κ2) is 10.1. The molecule has 9 heteroatoms. The minimum absolute atomic E-state index is 0.165. The largest absolute Gasteiger partial charge is 0.486 e. The van der Waals surface area contributed by atoms with Crippen LogP contribution in [0.2, 0.25) is 0 Å². The zero-order valence-electron chi connectivity index (χ0n) is 17.3. The number of benzene rings is 1. The molecule has 0 radical (unpaired) electrons. The van der Waals surface area contributed by atoms with Gasteiger partial charge >= 0.3 is 0 Å². The first-order chi connectivity index (χ1) is 14.5. The number of aryl methyl sites for hydroxylation is 2. The van der Waals surface area contributed by atoms with Crippen LogP contribution in [-0.2, 0) is 17.9 Å². The maximum atomic E-state index is 12.7. The molecule has 30 heavy (non-hydrogen) atoms. The average Bonchev–Trinajstić information content (AvgIpc) is 3.30. The van der Waals surface area contributed by atoms with E-state index in [2.05, 4.69) is 27.2 Å². The van der Waals surface area contributed by atoms with E-state index in [-0.39, 0.29) is 17.8 Å². The molecule has 1 amide bonds. The summed E-state index contributed by atoms with van der Waals surface area (Å²) in [5.74, 6) is 2.31. The van der Waals surface area contributed by atoms with Crippen LogP contribution in [0.3, 0.4) is 0 Å². The zero-order chi connectivity index (χ0) is 21.5. The lowest BCUT2D eigenvalue weighted by molar-refractivity contribution is -0.115. The number of ether oxygens (including phenoxy) is 1. The SMILES string of the molecule is C=CCn1c(COc2cccc(C)c2)nnc1SC(CC)C(=O)Nc1cc(C)on1. The van der Waals surface area contributed by atoms with Crippen molar-refractivity contribution in [3.63, 3.8) is 0 Å². The third-order valence-corrected chi connectivity index (χ3v) is 5.60. The second-order valence-electron chi connectivity index (χ2n) is 6.73. The summed E-state index contributed by atoms with van der Waals surface area (Å²) in [5.41, 5.74) is 1.12. The van der Waals surface area contributed by atoms with Gasteiger partial charge < -0.3 is 14.6 Å². The summed E-state index contributed by atoms with van der Waals surface area (Å²) in [6.07, 6.45) is 2.38. The minimum atomic E-state index is -0.361. The Hall–Kier alpha value is -3.07. The van der Waals surface area contributed by atoms with Crippen LogP contribution in [0, 0.1) is 13.8 Å². The smallest absolute Gasteiger partial charge is 0.239 e. The van der Waals surface area contributed by atoms with Gasteiger partial charge in [-0.3, -0.25) is 9.36 Å². The normalized spacial score (nSPS) is 11.8. The van der Waals surface area contributed by atoms with Gasteiger partial charge in [0.25, 0.3) is 0 Å². The van der Waals surface area contributed by atoms with E-state index in [4.69, 9.17) is 9.26 Å². The fourth-order valence-electron chi connectivity index (χ4n) is 2.76. The molecule has 0 saturated carbocycles. The van der Waals surface area contributed by atoms with E-state index in [1.54, 1.807) is 19.1 Å². The summed E-state index contributed by atoms with van der Waals surface area (Å²) in [6.45, 7) is 10.3. The Labute approximate surface area is 179 Å². The van der Waals surface area contributed by atoms with E-state index in [1.165, 1.54) is 11.8 Å². The van der Waals surface area contributed by atoms with E-state index < -0.39 is 0 Å².